The molecule has 3 rings (SSSR count). The van der Waals surface area contributed by atoms with E-state index in [2.05, 4.69) is 0 Å². The Labute approximate surface area is 112 Å². The van der Waals surface area contributed by atoms with Crippen molar-refractivity contribution in [3.05, 3.63) is 35.9 Å². The van der Waals surface area contributed by atoms with Crippen molar-refractivity contribution in [3.63, 3.8) is 0 Å². The molecule has 100 valence electrons. The van der Waals surface area contributed by atoms with Crippen molar-refractivity contribution >= 4 is 11.9 Å². The molecule has 1 heterocycles. The average Bonchev–Trinajstić information content (AvgIpc) is 2.94. The normalized spacial score (nSPS) is 25.5. The Morgan fingerprint density at radius 2 is 1.79 bits per heavy atom. The zero-order valence-corrected chi connectivity index (χ0v) is 10.7. The van der Waals surface area contributed by atoms with E-state index in [0.717, 1.165) is 5.56 Å². The second-order valence-electron chi connectivity index (χ2n) is 5.41. The van der Waals surface area contributed by atoms with Gasteiger partial charge >= 0.3 is 6.09 Å². The highest BCUT2D eigenvalue weighted by atomic mass is 16.6. The maximum atomic E-state index is 12.0. The first-order valence-electron chi connectivity index (χ1n) is 6.69. The van der Waals surface area contributed by atoms with Crippen molar-refractivity contribution in [1.29, 1.82) is 0 Å². The van der Waals surface area contributed by atoms with Gasteiger partial charge in [0.2, 0.25) is 0 Å². The molecule has 2 atom stereocenters. The van der Waals surface area contributed by atoms with Gasteiger partial charge in [-0.2, -0.15) is 0 Å². The molecule has 1 saturated heterocycles. The van der Waals surface area contributed by atoms with Crippen LogP contribution in [0.15, 0.2) is 30.3 Å². The van der Waals surface area contributed by atoms with Gasteiger partial charge in [0.05, 0.1) is 0 Å². The maximum Gasteiger partial charge on any atom is 0.410 e. The van der Waals surface area contributed by atoms with Gasteiger partial charge in [-0.3, -0.25) is 4.79 Å². The fraction of sp³-hybridized carbons (Fsp3) is 0.467. The lowest BCUT2D eigenvalue weighted by Crippen LogP contribution is -2.30. The molecule has 0 aromatic heterocycles. The number of amides is 1. The van der Waals surface area contributed by atoms with Gasteiger partial charge in [-0.05, 0) is 17.4 Å². The number of ketones is 1. The van der Waals surface area contributed by atoms with Crippen LogP contribution in [-0.4, -0.2) is 29.9 Å². The van der Waals surface area contributed by atoms with Crippen LogP contribution in [0.1, 0.15) is 18.4 Å². The predicted octanol–water partition coefficient (Wildman–Crippen LogP) is 2.23. The second-order valence-corrected chi connectivity index (χ2v) is 5.41. The third kappa shape index (κ3) is 2.62. The Morgan fingerprint density at radius 3 is 2.42 bits per heavy atom. The van der Waals surface area contributed by atoms with Crippen molar-refractivity contribution in [1.82, 2.24) is 4.90 Å². The molecule has 1 aliphatic heterocycles. The summed E-state index contributed by atoms with van der Waals surface area (Å²) in [6, 6.07) is 9.66. The SMILES string of the molecule is O=C1C[C@H]2CN(C(=O)OCc3ccccc3)C[C@@H]2C1. The van der Waals surface area contributed by atoms with Crippen LogP contribution < -0.4 is 0 Å². The second kappa shape index (κ2) is 5.03. The average molecular weight is 259 g/mol. The minimum Gasteiger partial charge on any atom is -0.445 e. The number of likely N-dealkylation sites (tertiary alicyclic amines) is 1. The molecule has 1 aliphatic carbocycles. The molecular formula is C15H17NO3. The van der Waals surface area contributed by atoms with E-state index < -0.39 is 0 Å². The number of Topliss-reactive ketones (excluding diaryl/α,β-unsaturated/α-hetero) is 1. The predicted molar refractivity (Wildman–Crippen MR) is 69.4 cm³/mol. The fourth-order valence-corrected chi connectivity index (χ4v) is 3.03. The third-order valence-corrected chi connectivity index (χ3v) is 4.02. The first-order chi connectivity index (χ1) is 9.22. The molecule has 2 fully saturated rings. The van der Waals surface area contributed by atoms with E-state index in [-0.39, 0.29) is 6.09 Å². The number of carbonyl (C=O) groups excluding carboxylic acids is 2. The molecule has 4 nitrogen and oxygen atoms in total. The van der Waals surface area contributed by atoms with Crippen molar-refractivity contribution in [3.8, 4) is 0 Å². The van der Waals surface area contributed by atoms with Crippen LogP contribution in [0.4, 0.5) is 4.79 Å². The number of rotatable bonds is 2. The van der Waals surface area contributed by atoms with Crippen LogP contribution in [0, 0.1) is 11.8 Å². The van der Waals surface area contributed by atoms with Crippen LogP contribution >= 0.6 is 0 Å². The molecule has 4 heteroatoms. The highest BCUT2D eigenvalue weighted by Gasteiger charge is 2.42. The Balaban J connectivity index is 1.51. The summed E-state index contributed by atoms with van der Waals surface area (Å²) >= 11 is 0. The van der Waals surface area contributed by atoms with E-state index in [4.69, 9.17) is 4.74 Å². The first-order valence-corrected chi connectivity index (χ1v) is 6.69. The Kier molecular flexibility index (Phi) is 3.23. The van der Waals surface area contributed by atoms with Crippen LogP contribution in [0.3, 0.4) is 0 Å². The summed E-state index contributed by atoms with van der Waals surface area (Å²) in [5.41, 5.74) is 0.991. The monoisotopic (exact) mass is 259 g/mol. The number of nitrogens with zero attached hydrogens (tertiary/aromatic N) is 1. The summed E-state index contributed by atoms with van der Waals surface area (Å²) in [5.74, 6) is 1.06. The zero-order chi connectivity index (χ0) is 13.2. The van der Waals surface area contributed by atoms with Gasteiger partial charge in [0.15, 0.2) is 0 Å². The lowest BCUT2D eigenvalue weighted by Gasteiger charge is -2.16. The standard InChI is InChI=1S/C15H17NO3/c17-14-6-12-8-16(9-13(12)7-14)15(18)19-10-11-4-2-1-3-5-11/h1-5,12-13H,6-10H2/t12-,13-/m0/s1. The molecule has 0 spiro atoms. The van der Waals surface area contributed by atoms with E-state index in [1.54, 1.807) is 4.90 Å². The summed E-state index contributed by atoms with van der Waals surface area (Å²) in [5, 5.41) is 0. The minimum absolute atomic E-state index is 0.259. The highest BCUT2D eigenvalue weighted by molar-refractivity contribution is 5.82. The molecule has 1 saturated carbocycles. The summed E-state index contributed by atoms with van der Waals surface area (Å²) < 4.78 is 5.31. The van der Waals surface area contributed by atoms with Crippen LogP contribution in [0.2, 0.25) is 0 Å². The fourth-order valence-electron chi connectivity index (χ4n) is 3.03. The van der Waals surface area contributed by atoms with Gasteiger partial charge in [0, 0.05) is 25.9 Å². The van der Waals surface area contributed by atoms with Crippen LogP contribution in [0.25, 0.3) is 0 Å². The van der Waals surface area contributed by atoms with Gasteiger partial charge in [0.1, 0.15) is 12.4 Å². The topological polar surface area (TPSA) is 46.6 Å². The third-order valence-electron chi connectivity index (χ3n) is 4.02. The number of fused-ring (bicyclic) bond motifs is 1. The van der Waals surface area contributed by atoms with Crippen molar-refractivity contribution < 1.29 is 14.3 Å². The molecule has 0 bridgehead atoms. The molecule has 0 radical (unpaired) electrons. The van der Waals surface area contributed by atoms with E-state index in [1.165, 1.54) is 0 Å². The van der Waals surface area contributed by atoms with Crippen molar-refractivity contribution in [2.75, 3.05) is 13.1 Å². The number of carbonyl (C=O) groups is 2. The Hall–Kier alpha value is -1.84. The zero-order valence-electron chi connectivity index (χ0n) is 10.7. The van der Waals surface area contributed by atoms with Crippen molar-refractivity contribution in [2.45, 2.75) is 19.4 Å². The smallest absolute Gasteiger partial charge is 0.410 e. The molecule has 0 unspecified atom stereocenters. The lowest BCUT2D eigenvalue weighted by atomic mass is 10.0. The summed E-state index contributed by atoms with van der Waals surface area (Å²) in [6.45, 7) is 1.65. The van der Waals surface area contributed by atoms with Gasteiger partial charge in [0.25, 0.3) is 0 Å². The largest absolute Gasteiger partial charge is 0.445 e. The molecular weight excluding hydrogens is 242 g/mol. The molecule has 1 amide bonds. The summed E-state index contributed by atoms with van der Waals surface area (Å²) in [6.07, 6.45) is 1.01. The van der Waals surface area contributed by atoms with Gasteiger partial charge in [-0.25, -0.2) is 4.79 Å². The summed E-state index contributed by atoms with van der Waals surface area (Å²) in [7, 11) is 0. The maximum absolute atomic E-state index is 12.0. The number of hydrogen-bond acceptors (Lipinski definition) is 3. The molecule has 2 aliphatic rings. The van der Waals surface area contributed by atoms with Crippen LogP contribution in [0.5, 0.6) is 0 Å². The van der Waals surface area contributed by atoms with E-state index >= 15 is 0 Å². The lowest BCUT2D eigenvalue weighted by molar-refractivity contribution is -0.118. The van der Waals surface area contributed by atoms with Crippen LogP contribution in [-0.2, 0) is 16.1 Å². The summed E-state index contributed by atoms with van der Waals surface area (Å²) in [4.78, 5) is 25.0. The minimum atomic E-state index is -0.259. The number of hydrogen-bond donors (Lipinski definition) is 0. The van der Waals surface area contributed by atoms with E-state index in [1.807, 2.05) is 30.3 Å². The first kappa shape index (κ1) is 12.2. The number of ether oxygens (including phenoxy) is 1. The Bertz CT molecular complexity index is 469. The highest BCUT2D eigenvalue weighted by Crippen LogP contribution is 2.35. The number of benzene rings is 1. The van der Waals surface area contributed by atoms with Gasteiger partial charge < -0.3 is 9.64 Å². The van der Waals surface area contributed by atoms with Gasteiger partial charge in [-0.15, -0.1) is 0 Å². The molecule has 0 N–H and O–H groups in total. The van der Waals surface area contributed by atoms with E-state index in [0.29, 0.717) is 50.2 Å². The molecule has 1 aromatic carbocycles. The van der Waals surface area contributed by atoms with Crippen molar-refractivity contribution in [2.24, 2.45) is 11.8 Å². The van der Waals surface area contributed by atoms with Gasteiger partial charge in [-0.1, -0.05) is 30.3 Å². The molecule has 1 aromatic rings. The molecule has 19 heavy (non-hydrogen) atoms. The van der Waals surface area contributed by atoms with E-state index in [9.17, 15) is 9.59 Å². The quantitative estimate of drug-likeness (QED) is 0.818. The Morgan fingerprint density at radius 1 is 1.16 bits per heavy atom.